The quantitative estimate of drug-likeness (QED) is 0.759. The van der Waals surface area contributed by atoms with Crippen molar-refractivity contribution in [2.24, 2.45) is 7.05 Å². The standard InChI is InChI=1S/C17H17N3O2/c1-20-11-19-15-8-13(4-7-16(15)20)10-18-9-12-2-5-14(6-3-12)17(21)22/h2-8,11,18H,9-10H2,1H3,(H,21,22). The van der Waals surface area contributed by atoms with Crippen molar-refractivity contribution in [1.82, 2.24) is 14.9 Å². The number of carboxylic acid groups (broad SMARTS) is 1. The molecule has 22 heavy (non-hydrogen) atoms. The number of aromatic nitrogens is 2. The van der Waals surface area contributed by atoms with E-state index >= 15 is 0 Å². The first-order valence-electron chi connectivity index (χ1n) is 7.06. The fourth-order valence-electron chi connectivity index (χ4n) is 2.41. The third-order valence-electron chi connectivity index (χ3n) is 3.65. The molecule has 112 valence electrons. The number of aryl methyl sites for hydroxylation is 1. The summed E-state index contributed by atoms with van der Waals surface area (Å²) in [5.41, 5.74) is 4.65. The minimum atomic E-state index is -0.900. The van der Waals surface area contributed by atoms with Gasteiger partial charge in [0.25, 0.3) is 0 Å². The number of carbonyl (C=O) groups is 1. The molecular formula is C17H17N3O2. The second kappa shape index (κ2) is 5.99. The van der Waals surface area contributed by atoms with Gasteiger partial charge in [-0.25, -0.2) is 9.78 Å². The summed E-state index contributed by atoms with van der Waals surface area (Å²) < 4.78 is 2.00. The lowest BCUT2D eigenvalue weighted by Gasteiger charge is -2.06. The maximum absolute atomic E-state index is 10.8. The Morgan fingerprint density at radius 3 is 2.55 bits per heavy atom. The number of nitrogens with zero attached hydrogens (tertiary/aromatic N) is 2. The molecule has 2 N–H and O–H groups in total. The molecule has 3 rings (SSSR count). The third-order valence-corrected chi connectivity index (χ3v) is 3.65. The van der Waals surface area contributed by atoms with Crippen molar-refractivity contribution in [3.8, 4) is 0 Å². The second-order valence-electron chi connectivity index (χ2n) is 5.28. The average Bonchev–Trinajstić information content (AvgIpc) is 2.89. The van der Waals surface area contributed by atoms with Gasteiger partial charge in [-0.2, -0.15) is 0 Å². The van der Waals surface area contributed by atoms with Gasteiger partial charge in [-0.3, -0.25) is 0 Å². The van der Waals surface area contributed by atoms with Crippen molar-refractivity contribution in [3.05, 3.63) is 65.5 Å². The lowest BCUT2D eigenvalue weighted by atomic mass is 10.1. The lowest BCUT2D eigenvalue weighted by Crippen LogP contribution is -2.12. The summed E-state index contributed by atoms with van der Waals surface area (Å²) >= 11 is 0. The van der Waals surface area contributed by atoms with Gasteiger partial charge in [0.05, 0.1) is 22.9 Å². The van der Waals surface area contributed by atoms with Crippen LogP contribution in [0, 0.1) is 0 Å². The van der Waals surface area contributed by atoms with E-state index in [4.69, 9.17) is 5.11 Å². The summed E-state index contributed by atoms with van der Waals surface area (Å²) in [6, 6.07) is 13.1. The van der Waals surface area contributed by atoms with Crippen molar-refractivity contribution < 1.29 is 9.90 Å². The molecule has 0 bridgehead atoms. The number of rotatable bonds is 5. The monoisotopic (exact) mass is 295 g/mol. The summed E-state index contributed by atoms with van der Waals surface area (Å²) in [6.07, 6.45) is 1.81. The van der Waals surface area contributed by atoms with E-state index in [1.54, 1.807) is 12.1 Å². The highest BCUT2D eigenvalue weighted by atomic mass is 16.4. The van der Waals surface area contributed by atoms with Crippen LogP contribution in [0.15, 0.2) is 48.8 Å². The van der Waals surface area contributed by atoms with Crippen LogP contribution in [-0.2, 0) is 20.1 Å². The maximum atomic E-state index is 10.8. The summed E-state index contributed by atoms with van der Waals surface area (Å²) in [5.74, 6) is -0.900. The van der Waals surface area contributed by atoms with Crippen LogP contribution in [0.5, 0.6) is 0 Å². The van der Waals surface area contributed by atoms with Gasteiger partial charge in [-0.1, -0.05) is 18.2 Å². The Hall–Kier alpha value is -2.66. The van der Waals surface area contributed by atoms with Crippen LogP contribution in [0.3, 0.4) is 0 Å². The molecule has 0 fully saturated rings. The van der Waals surface area contributed by atoms with E-state index in [0.29, 0.717) is 12.1 Å². The molecule has 0 radical (unpaired) electrons. The molecule has 0 saturated carbocycles. The summed E-state index contributed by atoms with van der Waals surface area (Å²) in [5, 5.41) is 12.2. The van der Waals surface area contributed by atoms with Crippen LogP contribution in [0.25, 0.3) is 11.0 Å². The Bertz CT molecular complexity index is 806. The Balaban J connectivity index is 1.60. The topological polar surface area (TPSA) is 67.2 Å². The molecule has 0 atom stereocenters. The molecule has 0 saturated heterocycles. The van der Waals surface area contributed by atoms with Gasteiger partial charge >= 0.3 is 5.97 Å². The first-order chi connectivity index (χ1) is 10.6. The smallest absolute Gasteiger partial charge is 0.335 e. The molecule has 5 nitrogen and oxygen atoms in total. The number of benzene rings is 2. The Morgan fingerprint density at radius 1 is 1.14 bits per heavy atom. The molecule has 1 heterocycles. The van der Waals surface area contributed by atoms with Crippen LogP contribution in [-0.4, -0.2) is 20.6 Å². The number of hydrogen-bond donors (Lipinski definition) is 2. The number of fused-ring (bicyclic) bond motifs is 1. The number of carboxylic acids is 1. The minimum absolute atomic E-state index is 0.310. The Kier molecular flexibility index (Phi) is 3.89. The first kappa shape index (κ1) is 14.3. The lowest BCUT2D eigenvalue weighted by molar-refractivity contribution is 0.0697. The highest BCUT2D eigenvalue weighted by Gasteiger charge is 2.03. The molecule has 0 amide bonds. The van der Waals surface area contributed by atoms with Gasteiger partial charge < -0.3 is 15.0 Å². The van der Waals surface area contributed by atoms with Gasteiger partial charge in [0.15, 0.2) is 0 Å². The SMILES string of the molecule is Cn1cnc2cc(CNCc3ccc(C(=O)O)cc3)ccc21. The summed E-state index contributed by atoms with van der Waals surface area (Å²) in [6.45, 7) is 1.44. The van der Waals surface area contributed by atoms with E-state index in [-0.39, 0.29) is 0 Å². The van der Waals surface area contributed by atoms with Crippen molar-refractivity contribution >= 4 is 17.0 Å². The molecular weight excluding hydrogens is 278 g/mol. The zero-order chi connectivity index (χ0) is 15.5. The van der Waals surface area contributed by atoms with Crippen LogP contribution < -0.4 is 5.32 Å². The molecule has 0 aliphatic carbocycles. The molecule has 0 unspecified atom stereocenters. The van der Waals surface area contributed by atoms with Gasteiger partial charge in [0.2, 0.25) is 0 Å². The highest BCUT2D eigenvalue weighted by molar-refractivity contribution is 5.87. The average molecular weight is 295 g/mol. The van der Waals surface area contributed by atoms with Gasteiger partial charge in [-0.15, -0.1) is 0 Å². The maximum Gasteiger partial charge on any atom is 0.335 e. The van der Waals surface area contributed by atoms with Crippen LogP contribution in [0.1, 0.15) is 21.5 Å². The summed E-state index contributed by atoms with van der Waals surface area (Å²) in [7, 11) is 1.98. The predicted molar refractivity (Wildman–Crippen MR) is 84.7 cm³/mol. The number of hydrogen-bond acceptors (Lipinski definition) is 3. The molecule has 1 aromatic heterocycles. The van der Waals surface area contributed by atoms with E-state index in [9.17, 15) is 4.79 Å². The number of nitrogens with one attached hydrogen (secondary N) is 1. The minimum Gasteiger partial charge on any atom is -0.478 e. The first-order valence-corrected chi connectivity index (χ1v) is 7.06. The van der Waals surface area contributed by atoms with Gasteiger partial charge in [0.1, 0.15) is 0 Å². The van der Waals surface area contributed by atoms with Crippen molar-refractivity contribution in [3.63, 3.8) is 0 Å². The van der Waals surface area contributed by atoms with Crippen molar-refractivity contribution in [1.29, 1.82) is 0 Å². The highest BCUT2D eigenvalue weighted by Crippen LogP contribution is 2.14. The van der Waals surface area contributed by atoms with E-state index in [1.165, 1.54) is 5.56 Å². The predicted octanol–water partition coefficient (Wildman–Crippen LogP) is 2.56. The van der Waals surface area contributed by atoms with Crippen molar-refractivity contribution in [2.75, 3.05) is 0 Å². The zero-order valence-electron chi connectivity index (χ0n) is 12.3. The molecule has 0 aliphatic rings. The normalized spacial score (nSPS) is 11.0. The molecule has 0 aliphatic heterocycles. The Labute approximate surface area is 128 Å². The van der Waals surface area contributed by atoms with E-state index in [1.807, 2.05) is 30.1 Å². The van der Waals surface area contributed by atoms with Gasteiger partial charge in [0, 0.05) is 20.1 Å². The van der Waals surface area contributed by atoms with E-state index in [0.717, 1.165) is 23.1 Å². The van der Waals surface area contributed by atoms with Crippen LogP contribution >= 0.6 is 0 Å². The molecule has 3 aromatic rings. The molecule has 2 aromatic carbocycles. The van der Waals surface area contributed by atoms with E-state index < -0.39 is 5.97 Å². The zero-order valence-corrected chi connectivity index (χ0v) is 12.3. The third kappa shape index (κ3) is 2.99. The van der Waals surface area contributed by atoms with Crippen LogP contribution in [0.2, 0.25) is 0 Å². The largest absolute Gasteiger partial charge is 0.478 e. The fraction of sp³-hybridized carbons (Fsp3) is 0.176. The number of imidazole rings is 1. The second-order valence-corrected chi connectivity index (χ2v) is 5.28. The van der Waals surface area contributed by atoms with Crippen LogP contribution in [0.4, 0.5) is 0 Å². The Morgan fingerprint density at radius 2 is 1.82 bits per heavy atom. The van der Waals surface area contributed by atoms with Gasteiger partial charge in [-0.05, 0) is 35.4 Å². The van der Waals surface area contributed by atoms with E-state index in [2.05, 4.69) is 28.5 Å². The van der Waals surface area contributed by atoms with Crippen molar-refractivity contribution in [2.45, 2.75) is 13.1 Å². The molecule has 5 heteroatoms. The number of aromatic carboxylic acids is 1. The molecule has 0 spiro atoms. The fourth-order valence-corrected chi connectivity index (χ4v) is 2.41. The summed E-state index contributed by atoms with van der Waals surface area (Å²) in [4.78, 5) is 15.1.